The Bertz CT molecular complexity index is 1010. The molecule has 2 amide bonds. The Hall–Kier alpha value is -3.61. The number of rotatable bonds is 4. The second-order valence-corrected chi connectivity index (χ2v) is 8.13. The smallest absolute Gasteiger partial charge is 0.405 e. The topological polar surface area (TPSA) is 81.9 Å². The van der Waals surface area contributed by atoms with Gasteiger partial charge < -0.3 is 15.2 Å². The average Bonchev–Trinajstić information content (AvgIpc) is 2.68. The highest BCUT2D eigenvalue weighted by Gasteiger charge is 2.31. The molecule has 0 aliphatic carbocycles. The van der Waals surface area contributed by atoms with Crippen molar-refractivity contribution in [3.63, 3.8) is 0 Å². The van der Waals surface area contributed by atoms with E-state index < -0.39 is 17.5 Å². The van der Waals surface area contributed by atoms with E-state index in [0.29, 0.717) is 18.7 Å². The van der Waals surface area contributed by atoms with Crippen LogP contribution in [0.4, 0.5) is 9.18 Å². The number of amides is 2. The molecule has 32 heavy (non-hydrogen) atoms. The monoisotopic (exact) mass is 440 g/mol. The van der Waals surface area contributed by atoms with Crippen LogP contribution in [0.5, 0.6) is 0 Å². The lowest BCUT2D eigenvalue weighted by Gasteiger charge is -2.31. The van der Waals surface area contributed by atoms with Crippen molar-refractivity contribution in [2.75, 3.05) is 6.54 Å². The van der Waals surface area contributed by atoms with Crippen molar-refractivity contribution in [3.8, 4) is 0 Å². The first-order valence-corrected chi connectivity index (χ1v) is 10.2. The zero-order valence-corrected chi connectivity index (χ0v) is 18.9. The Labute approximate surface area is 188 Å². The van der Waals surface area contributed by atoms with Crippen molar-refractivity contribution in [1.29, 1.82) is 0 Å². The van der Waals surface area contributed by atoms with Gasteiger partial charge in [0.05, 0.1) is 5.57 Å². The van der Waals surface area contributed by atoms with E-state index in [2.05, 4.69) is 11.3 Å². The highest BCUT2D eigenvalue weighted by molar-refractivity contribution is 6.21. The summed E-state index contributed by atoms with van der Waals surface area (Å²) in [6.07, 6.45) is -0.0593. The van der Waals surface area contributed by atoms with Gasteiger partial charge in [-0.1, -0.05) is 48.5 Å². The van der Waals surface area contributed by atoms with E-state index in [0.717, 1.165) is 5.56 Å². The lowest BCUT2D eigenvalue weighted by molar-refractivity contribution is -0.126. The van der Waals surface area contributed by atoms with E-state index in [-0.39, 0.29) is 22.9 Å². The SMILES string of the molecule is C=C1OC(C)=C(c2ccccc2F)C(=O)N1CCc1ccccc1.CC(C)(C)OC(N)=O. The molecule has 170 valence electrons. The average molecular weight is 441 g/mol. The molecule has 1 heterocycles. The molecule has 0 saturated heterocycles. The molecule has 2 N–H and O–H groups in total. The molecule has 7 heteroatoms. The Morgan fingerprint density at radius 1 is 1.12 bits per heavy atom. The minimum atomic E-state index is -0.725. The number of primary amides is 1. The van der Waals surface area contributed by atoms with Gasteiger partial charge in [0.15, 0.2) is 5.88 Å². The molecule has 3 rings (SSSR count). The highest BCUT2D eigenvalue weighted by atomic mass is 19.1. The van der Waals surface area contributed by atoms with Gasteiger partial charge in [0.25, 0.3) is 5.91 Å². The van der Waals surface area contributed by atoms with Gasteiger partial charge in [-0.3, -0.25) is 9.69 Å². The van der Waals surface area contributed by atoms with Crippen molar-refractivity contribution in [3.05, 3.63) is 89.8 Å². The van der Waals surface area contributed by atoms with Gasteiger partial charge in [0, 0.05) is 12.1 Å². The van der Waals surface area contributed by atoms with Crippen LogP contribution in [0.2, 0.25) is 0 Å². The zero-order chi connectivity index (χ0) is 23.9. The first-order valence-electron chi connectivity index (χ1n) is 10.2. The normalized spacial score (nSPS) is 13.8. The zero-order valence-electron chi connectivity index (χ0n) is 18.9. The van der Waals surface area contributed by atoms with E-state index in [9.17, 15) is 14.0 Å². The van der Waals surface area contributed by atoms with Crippen molar-refractivity contribution in [2.24, 2.45) is 5.73 Å². The van der Waals surface area contributed by atoms with Crippen molar-refractivity contribution < 1.29 is 23.5 Å². The highest BCUT2D eigenvalue weighted by Crippen LogP contribution is 2.31. The Morgan fingerprint density at radius 2 is 1.72 bits per heavy atom. The summed E-state index contributed by atoms with van der Waals surface area (Å²) in [5.41, 5.74) is 5.86. The maximum absolute atomic E-state index is 14.1. The molecule has 0 radical (unpaired) electrons. The summed E-state index contributed by atoms with van der Waals surface area (Å²) in [5.74, 6) is -0.0938. The third kappa shape index (κ3) is 6.97. The first-order chi connectivity index (χ1) is 15.0. The molecule has 0 atom stereocenters. The van der Waals surface area contributed by atoms with Crippen molar-refractivity contribution >= 4 is 17.6 Å². The third-order valence-corrected chi connectivity index (χ3v) is 4.40. The van der Waals surface area contributed by atoms with Crippen LogP contribution < -0.4 is 5.73 Å². The molecule has 2 aromatic carbocycles. The number of ether oxygens (including phenoxy) is 2. The molecule has 0 unspecified atom stereocenters. The fourth-order valence-electron chi connectivity index (χ4n) is 3.06. The van der Waals surface area contributed by atoms with E-state index in [1.54, 1.807) is 45.9 Å². The summed E-state index contributed by atoms with van der Waals surface area (Å²) >= 11 is 0. The quantitative estimate of drug-likeness (QED) is 0.725. The number of nitrogens with zero attached hydrogens (tertiary/aromatic N) is 1. The number of hydrogen-bond acceptors (Lipinski definition) is 4. The van der Waals surface area contributed by atoms with Gasteiger partial charge in [-0.15, -0.1) is 0 Å². The van der Waals surface area contributed by atoms with E-state index in [4.69, 9.17) is 10.5 Å². The summed E-state index contributed by atoms with van der Waals surface area (Å²) < 4.78 is 24.3. The second kappa shape index (κ2) is 10.6. The number of carbonyl (C=O) groups excluding carboxylic acids is 2. The van der Waals surface area contributed by atoms with Gasteiger partial charge >= 0.3 is 6.09 Å². The number of hydrogen-bond donors (Lipinski definition) is 1. The molecule has 0 fully saturated rings. The van der Waals surface area contributed by atoms with Gasteiger partial charge in [0.1, 0.15) is 17.2 Å². The lowest BCUT2D eigenvalue weighted by Crippen LogP contribution is -2.37. The molecule has 2 aromatic rings. The molecule has 0 aromatic heterocycles. The maximum atomic E-state index is 14.1. The maximum Gasteiger partial charge on any atom is 0.405 e. The second-order valence-electron chi connectivity index (χ2n) is 8.13. The number of halogens is 1. The van der Waals surface area contributed by atoms with E-state index >= 15 is 0 Å². The number of carbonyl (C=O) groups is 2. The van der Waals surface area contributed by atoms with Crippen molar-refractivity contribution in [1.82, 2.24) is 4.90 Å². The van der Waals surface area contributed by atoms with Crippen LogP contribution in [0.15, 0.2) is 72.8 Å². The van der Waals surface area contributed by atoms with Crippen LogP contribution >= 0.6 is 0 Å². The predicted molar refractivity (Wildman–Crippen MR) is 121 cm³/mol. The number of nitrogens with two attached hydrogens (primary N) is 1. The van der Waals surface area contributed by atoms with Crippen LogP contribution in [-0.4, -0.2) is 29.0 Å². The standard InChI is InChI=1S/C20H18FNO2.C5H11NO2/c1-14-19(17-10-6-7-11-18(17)21)20(23)22(15(2)24-14)13-12-16-8-4-3-5-9-16;1-5(2,3)8-4(6)7/h3-11H,2,12-13H2,1H3;1-3H3,(H2,6,7). The predicted octanol–water partition coefficient (Wildman–Crippen LogP) is 5.01. The molecular formula is C25H29FN2O4. The van der Waals surface area contributed by atoms with Crippen LogP contribution in [0.3, 0.4) is 0 Å². The molecule has 0 bridgehead atoms. The van der Waals surface area contributed by atoms with Crippen LogP contribution in [0.1, 0.15) is 38.8 Å². The van der Waals surface area contributed by atoms with E-state index in [1.165, 1.54) is 11.0 Å². The molecule has 0 spiro atoms. The Balaban J connectivity index is 0.000000390. The van der Waals surface area contributed by atoms with Crippen LogP contribution in [0.25, 0.3) is 5.57 Å². The van der Waals surface area contributed by atoms with Crippen LogP contribution in [-0.2, 0) is 20.7 Å². The minimum Gasteiger partial charge on any atom is -0.445 e. The van der Waals surface area contributed by atoms with E-state index in [1.807, 2.05) is 30.3 Å². The van der Waals surface area contributed by atoms with Gasteiger partial charge in [0.2, 0.25) is 0 Å². The molecule has 0 saturated carbocycles. The van der Waals surface area contributed by atoms with Gasteiger partial charge in [-0.2, -0.15) is 0 Å². The van der Waals surface area contributed by atoms with Crippen molar-refractivity contribution in [2.45, 2.75) is 39.7 Å². The fraction of sp³-hybridized carbons (Fsp3) is 0.280. The summed E-state index contributed by atoms with van der Waals surface area (Å²) in [6.45, 7) is 11.2. The molecule has 6 nitrogen and oxygen atoms in total. The summed E-state index contributed by atoms with van der Waals surface area (Å²) in [5, 5.41) is 0. The summed E-state index contributed by atoms with van der Waals surface area (Å²) in [6, 6.07) is 16.0. The molecule has 1 aliphatic rings. The van der Waals surface area contributed by atoms with Crippen LogP contribution in [0, 0.1) is 5.82 Å². The number of benzene rings is 2. The number of allylic oxidation sites excluding steroid dienone is 1. The van der Waals surface area contributed by atoms with Gasteiger partial charge in [-0.25, -0.2) is 9.18 Å². The Morgan fingerprint density at radius 3 is 2.25 bits per heavy atom. The van der Waals surface area contributed by atoms with Gasteiger partial charge in [-0.05, 0) is 52.3 Å². The largest absolute Gasteiger partial charge is 0.445 e. The fourth-order valence-corrected chi connectivity index (χ4v) is 3.06. The molecule has 1 aliphatic heterocycles. The molecular weight excluding hydrogens is 411 g/mol. The minimum absolute atomic E-state index is 0.244. The summed E-state index contributed by atoms with van der Waals surface area (Å²) in [7, 11) is 0. The third-order valence-electron chi connectivity index (χ3n) is 4.40. The lowest BCUT2D eigenvalue weighted by atomic mass is 10.0. The first kappa shape index (κ1) is 24.7. The summed E-state index contributed by atoms with van der Waals surface area (Å²) in [4.78, 5) is 24.4. The Kier molecular flexibility index (Phi) is 8.18.